The number of hydrogen-bond acceptors (Lipinski definition) is 6. The summed E-state index contributed by atoms with van der Waals surface area (Å²) in [7, 11) is -2.23. The molecule has 4 rings (SSSR count). The van der Waals surface area contributed by atoms with E-state index in [1.807, 2.05) is 18.7 Å². The summed E-state index contributed by atoms with van der Waals surface area (Å²) < 4.78 is 74.6. The van der Waals surface area contributed by atoms with Crippen molar-refractivity contribution in [2.24, 2.45) is 5.92 Å². The number of nitrogens with one attached hydrogen (secondary N) is 1. The van der Waals surface area contributed by atoms with Crippen molar-refractivity contribution in [2.75, 3.05) is 31.5 Å². The van der Waals surface area contributed by atoms with Gasteiger partial charge in [0, 0.05) is 25.6 Å². The number of benzene rings is 3. The maximum Gasteiger partial charge on any atom is 0.416 e. The molecule has 3 aromatic rings. The van der Waals surface area contributed by atoms with E-state index in [1.165, 1.54) is 30.3 Å². The smallest absolute Gasteiger partial charge is 0.416 e. The number of halogens is 3. The van der Waals surface area contributed by atoms with Crippen LogP contribution in [-0.2, 0) is 22.7 Å². The number of hydrogen-bond donors (Lipinski definition) is 2. The zero-order valence-electron chi connectivity index (χ0n) is 24.4. The van der Waals surface area contributed by atoms with E-state index in [-0.39, 0.29) is 41.0 Å². The number of carbonyl (C=O) groups excluding carboxylic acids is 1. The first kappa shape index (κ1) is 32.3. The molecule has 0 fully saturated rings. The highest BCUT2D eigenvalue weighted by Gasteiger charge is 2.35. The van der Waals surface area contributed by atoms with Crippen molar-refractivity contribution in [3.05, 3.63) is 89.0 Å². The van der Waals surface area contributed by atoms with Gasteiger partial charge in [-0.3, -0.25) is 14.4 Å². The number of anilines is 1. The van der Waals surface area contributed by atoms with Crippen LogP contribution in [0.4, 0.5) is 18.9 Å². The summed E-state index contributed by atoms with van der Waals surface area (Å²) in [6, 6.07) is 15.4. The maximum absolute atomic E-state index is 13.7. The van der Waals surface area contributed by atoms with Gasteiger partial charge in [-0.25, -0.2) is 8.42 Å². The monoisotopic (exact) mass is 619 g/mol. The second-order valence-corrected chi connectivity index (χ2v) is 12.8. The first-order chi connectivity index (χ1) is 20.2. The predicted molar refractivity (Wildman–Crippen MR) is 157 cm³/mol. The third-order valence-corrected chi connectivity index (χ3v) is 8.87. The van der Waals surface area contributed by atoms with Gasteiger partial charge in [0.2, 0.25) is 0 Å². The van der Waals surface area contributed by atoms with E-state index in [1.54, 1.807) is 43.1 Å². The lowest BCUT2D eigenvalue weighted by Crippen LogP contribution is -2.49. The average Bonchev–Trinajstić information content (AvgIpc) is 2.94. The molecule has 232 valence electrons. The third-order valence-electron chi connectivity index (χ3n) is 7.49. The van der Waals surface area contributed by atoms with Crippen LogP contribution in [0, 0.1) is 12.8 Å². The van der Waals surface area contributed by atoms with Crippen LogP contribution in [0.2, 0.25) is 0 Å². The number of rotatable bonds is 9. The second kappa shape index (κ2) is 12.9. The number of fused-ring (bicyclic) bond motifs is 1. The molecule has 2 N–H and O–H groups in total. The fourth-order valence-electron chi connectivity index (χ4n) is 4.95. The molecule has 0 radical (unpaired) electrons. The minimum atomic E-state index is -4.42. The molecule has 12 heteroatoms. The van der Waals surface area contributed by atoms with Crippen molar-refractivity contribution in [1.82, 2.24) is 9.80 Å². The van der Waals surface area contributed by atoms with Gasteiger partial charge in [-0.15, -0.1) is 0 Å². The number of carbonyl (C=O) groups is 1. The summed E-state index contributed by atoms with van der Waals surface area (Å²) in [4.78, 5) is 17.2. The number of aliphatic hydroxyl groups excluding tert-OH is 1. The van der Waals surface area contributed by atoms with Crippen LogP contribution in [-0.4, -0.2) is 68.1 Å². The van der Waals surface area contributed by atoms with Crippen LogP contribution >= 0.6 is 0 Å². The van der Waals surface area contributed by atoms with Crippen molar-refractivity contribution >= 4 is 21.6 Å². The lowest BCUT2D eigenvalue weighted by molar-refractivity contribution is -0.137. The van der Waals surface area contributed by atoms with E-state index in [4.69, 9.17) is 4.74 Å². The standard InChI is InChI=1S/C31H36F3N3O5S/c1-20-8-14-25(15-9-20)43(40,41)35-27-7-5-6-26-29(27)42-28(21(2)16-37(30(26)39)22(3)19-38)18-36(4)17-23-10-12-24(13-11-23)31(32,33)34/h5-15,21-22,28,35,38H,16-19H2,1-4H3/t21-,22-,28+/m1/s1. The first-order valence-electron chi connectivity index (χ1n) is 13.8. The Morgan fingerprint density at radius 3 is 2.35 bits per heavy atom. The van der Waals surface area contributed by atoms with E-state index >= 15 is 0 Å². The topological polar surface area (TPSA) is 99.2 Å². The largest absolute Gasteiger partial charge is 0.486 e. The molecule has 0 spiro atoms. The van der Waals surface area contributed by atoms with Crippen molar-refractivity contribution in [1.29, 1.82) is 0 Å². The molecule has 43 heavy (non-hydrogen) atoms. The molecule has 3 atom stereocenters. The Hall–Kier alpha value is -3.61. The highest BCUT2D eigenvalue weighted by molar-refractivity contribution is 7.92. The molecular weight excluding hydrogens is 583 g/mol. The van der Waals surface area contributed by atoms with E-state index < -0.39 is 39.8 Å². The van der Waals surface area contributed by atoms with Crippen molar-refractivity contribution < 1.29 is 36.2 Å². The van der Waals surface area contributed by atoms with Gasteiger partial charge in [0.1, 0.15) is 6.10 Å². The Balaban J connectivity index is 1.66. The van der Waals surface area contributed by atoms with Gasteiger partial charge in [-0.2, -0.15) is 13.2 Å². The van der Waals surface area contributed by atoms with E-state index in [0.29, 0.717) is 18.7 Å². The number of aryl methyl sites for hydroxylation is 1. The number of aliphatic hydroxyl groups is 1. The Labute approximate surface area is 250 Å². The second-order valence-electron chi connectivity index (χ2n) is 11.1. The number of alkyl halides is 3. The zero-order valence-corrected chi connectivity index (χ0v) is 25.2. The minimum absolute atomic E-state index is 0.0459. The van der Waals surface area contributed by atoms with Gasteiger partial charge in [0.25, 0.3) is 15.9 Å². The van der Waals surface area contributed by atoms with E-state index in [2.05, 4.69) is 4.72 Å². The minimum Gasteiger partial charge on any atom is -0.486 e. The number of sulfonamides is 1. The summed E-state index contributed by atoms with van der Waals surface area (Å²) >= 11 is 0. The lowest BCUT2D eigenvalue weighted by Gasteiger charge is -2.38. The summed E-state index contributed by atoms with van der Waals surface area (Å²) in [5.74, 6) is -0.600. The molecule has 1 amide bonds. The Kier molecular flexibility index (Phi) is 9.73. The number of likely N-dealkylation sites (N-methyl/N-ethyl adjacent to an activating group) is 1. The molecule has 0 bridgehead atoms. The molecule has 8 nitrogen and oxygen atoms in total. The van der Waals surface area contributed by atoms with Crippen LogP contribution < -0.4 is 9.46 Å². The fraction of sp³-hybridized carbons (Fsp3) is 0.387. The van der Waals surface area contributed by atoms with Gasteiger partial charge >= 0.3 is 6.18 Å². The quantitative estimate of drug-likeness (QED) is 0.343. The molecule has 0 saturated heterocycles. The molecule has 0 aromatic heterocycles. The molecular formula is C31H36F3N3O5S. The fourth-order valence-corrected chi connectivity index (χ4v) is 6.01. The highest BCUT2D eigenvalue weighted by atomic mass is 32.2. The summed E-state index contributed by atoms with van der Waals surface area (Å²) in [5, 5.41) is 9.90. The van der Waals surface area contributed by atoms with Crippen LogP contribution in [0.3, 0.4) is 0 Å². The Bertz CT molecular complexity index is 1530. The SMILES string of the molecule is Cc1ccc(S(=O)(=O)Nc2cccc3c2O[C@@H](CN(C)Cc2ccc(C(F)(F)F)cc2)[C@H](C)CN([C@H](C)CO)C3=O)cc1. The van der Waals surface area contributed by atoms with Crippen LogP contribution in [0.1, 0.15) is 40.9 Å². The summed E-state index contributed by atoms with van der Waals surface area (Å²) in [6.07, 6.45) is -4.97. The molecule has 0 saturated carbocycles. The molecule has 3 aromatic carbocycles. The Morgan fingerprint density at radius 2 is 1.74 bits per heavy atom. The van der Waals surface area contributed by atoms with Gasteiger partial charge in [0.15, 0.2) is 5.75 Å². The van der Waals surface area contributed by atoms with Crippen LogP contribution in [0.25, 0.3) is 0 Å². The predicted octanol–water partition coefficient (Wildman–Crippen LogP) is 5.17. The molecule has 0 aliphatic carbocycles. The molecule has 1 heterocycles. The van der Waals surface area contributed by atoms with Crippen molar-refractivity contribution in [3.8, 4) is 5.75 Å². The van der Waals surface area contributed by atoms with Crippen molar-refractivity contribution in [2.45, 2.75) is 50.5 Å². The molecule has 0 unspecified atom stereocenters. The number of amides is 1. The normalized spacial score (nSPS) is 18.4. The molecule has 1 aliphatic rings. The van der Waals surface area contributed by atoms with E-state index in [9.17, 15) is 31.5 Å². The van der Waals surface area contributed by atoms with E-state index in [0.717, 1.165) is 17.7 Å². The van der Waals surface area contributed by atoms with Crippen LogP contribution in [0.15, 0.2) is 71.6 Å². The number of nitrogens with zero attached hydrogens (tertiary/aromatic N) is 2. The number of ether oxygens (including phenoxy) is 1. The molecule has 1 aliphatic heterocycles. The highest BCUT2D eigenvalue weighted by Crippen LogP contribution is 2.36. The Morgan fingerprint density at radius 1 is 1.09 bits per heavy atom. The third kappa shape index (κ3) is 7.67. The van der Waals surface area contributed by atoms with Gasteiger partial charge in [-0.05, 0) is 62.9 Å². The summed E-state index contributed by atoms with van der Waals surface area (Å²) in [5.41, 5.74) is 1.08. The van der Waals surface area contributed by atoms with Gasteiger partial charge in [-0.1, -0.05) is 42.8 Å². The first-order valence-corrected chi connectivity index (χ1v) is 15.3. The average molecular weight is 620 g/mol. The van der Waals surface area contributed by atoms with Crippen LogP contribution in [0.5, 0.6) is 5.75 Å². The lowest BCUT2D eigenvalue weighted by atomic mass is 9.99. The maximum atomic E-state index is 13.7. The number of para-hydroxylation sites is 1. The van der Waals surface area contributed by atoms with Gasteiger partial charge in [0.05, 0.1) is 34.4 Å². The van der Waals surface area contributed by atoms with Gasteiger partial charge < -0.3 is 14.7 Å². The van der Waals surface area contributed by atoms with Crippen molar-refractivity contribution in [3.63, 3.8) is 0 Å². The zero-order chi connectivity index (χ0) is 31.5. The summed E-state index contributed by atoms with van der Waals surface area (Å²) in [6.45, 7) is 6.10.